The van der Waals surface area contributed by atoms with Crippen LogP contribution in [0, 0.1) is 0 Å². The van der Waals surface area contributed by atoms with E-state index in [9.17, 15) is 0 Å². The standard InChI is InChI=1S/C28H23NO/c1-28(2,3)18-12-14-19(15-13-18)29-23-10-6-4-9-22(23)26-24(29)17-16-21-20-8-5-7-11-25(20)30-27(21)26/h4-17H,1-3H3. The van der Waals surface area contributed by atoms with E-state index in [2.05, 4.69) is 98.1 Å². The number of hydrogen-bond donors (Lipinski definition) is 0. The van der Waals surface area contributed by atoms with Crippen molar-refractivity contribution in [3.05, 3.63) is 90.5 Å². The minimum absolute atomic E-state index is 0.139. The zero-order valence-electron chi connectivity index (χ0n) is 17.4. The van der Waals surface area contributed by atoms with Gasteiger partial charge >= 0.3 is 0 Å². The first kappa shape index (κ1) is 17.3. The van der Waals surface area contributed by atoms with Crippen molar-refractivity contribution in [2.75, 3.05) is 0 Å². The summed E-state index contributed by atoms with van der Waals surface area (Å²) in [6, 6.07) is 30.3. The third-order valence-electron chi connectivity index (χ3n) is 6.17. The molecule has 30 heavy (non-hydrogen) atoms. The second-order valence-corrected chi connectivity index (χ2v) is 9.08. The van der Waals surface area contributed by atoms with Crippen LogP contribution in [-0.2, 0) is 5.41 Å². The van der Waals surface area contributed by atoms with Gasteiger partial charge in [0.15, 0.2) is 0 Å². The third kappa shape index (κ3) is 2.37. The Bertz CT molecular complexity index is 1560. The molecule has 2 heterocycles. The molecule has 0 unspecified atom stereocenters. The van der Waals surface area contributed by atoms with Gasteiger partial charge in [0.05, 0.1) is 16.4 Å². The van der Waals surface area contributed by atoms with Crippen LogP contribution in [0.15, 0.2) is 89.3 Å². The molecule has 0 fully saturated rings. The fourth-order valence-corrected chi connectivity index (χ4v) is 4.62. The van der Waals surface area contributed by atoms with Crippen molar-refractivity contribution in [3.8, 4) is 5.69 Å². The van der Waals surface area contributed by atoms with Crippen LogP contribution in [0.5, 0.6) is 0 Å². The fourth-order valence-electron chi connectivity index (χ4n) is 4.62. The first-order chi connectivity index (χ1) is 14.5. The van der Waals surface area contributed by atoms with E-state index in [4.69, 9.17) is 4.42 Å². The molecule has 6 aromatic rings. The van der Waals surface area contributed by atoms with E-state index in [1.165, 1.54) is 43.8 Å². The van der Waals surface area contributed by atoms with Crippen LogP contribution in [0.25, 0.3) is 49.4 Å². The third-order valence-corrected chi connectivity index (χ3v) is 6.17. The number of fused-ring (bicyclic) bond motifs is 7. The van der Waals surface area contributed by atoms with Gasteiger partial charge in [-0.25, -0.2) is 0 Å². The Kier molecular flexibility index (Phi) is 3.47. The Morgan fingerprint density at radius 1 is 0.633 bits per heavy atom. The lowest BCUT2D eigenvalue weighted by Crippen LogP contribution is -2.10. The topological polar surface area (TPSA) is 18.1 Å². The maximum atomic E-state index is 6.37. The van der Waals surface area contributed by atoms with Gasteiger partial charge in [-0.05, 0) is 47.4 Å². The summed E-state index contributed by atoms with van der Waals surface area (Å²) in [5.74, 6) is 0. The zero-order valence-corrected chi connectivity index (χ0v) is 17.4. The number of benzene rings is 4. The highest BCUT2D eigenvalue weighted by Crippen LogP contribution is 2.40. The average molecular weight is 389 g/mol. The number of rotatable bonds is 1. The van der Waals surface area contributed by atoms with E-state index in [-0.39, 0.29) is 5.41 Å². The highest BCUT2D eigenvalue weighted by molar-refractivity contribution is 6.23. The average Bonchev–Trinajstić information content (AvgIpc) is 3.29. The monoisotopic (exact) mass is 389 g/mol. The molecule has 0 atom stereocenters. The largest absolute Gasteiger partial charge is 0.455 e. The van der Waals surface area contributed by atoms with Gasteiger partial charge in [0.1, 0.15) is 11.2 Å². The van der Waals surface area contributed by atoms with Gasteiger partial charge in [-0.1, -0.05) is 69.3 Å². The SMILES string of the molecule is CC(C)(C)c1ccc(-n2c3ccccc3c3c4oc5ccccc5c4ccc32)cc1. The lowest BCUT2D eigenvalue weighted by molar-refractivity contribution is 0.590. The van der Waals surface area contributed by atoms with E-state index in [1.807, 2.05) is 12.1 Å². The molecule has 0 bridgehead atoms. The van der Waals surface area contributed by atoms with Gasteiger partial charge in [-0.3, -0.25) is 0 Å². The molecule has 0 spiro atoms. The van der Waals surface area contributed by atoms with Gasteiger partial charge in [0.25, 0.3) is 0 Å². The molecule has 0 saturated carbocycles. The summed E-state index contributed by atoms with van der Waals surface area (Å²) in [6.45, 7) is 6.75. The molecule has 0 aliphatic carbocycles. The number of furan rings is 1. The number of para-hydroxylation sites is 2. The van der Waals surface area contributed by atoms with E-state index in [0.29, 0.717) is 0 Å². The second kappa shape index (κ2) is 5.99. The Balaban J connectivity index is 1.73. The van der Waals surface area contributed by atoms with Gasteiger partial charge in [-0.15, -0.1) is 0 Å². The predicted octanol–water partition coefficient (Wildman–Crippen LogP) is 7.98. The molecule has 4 aromatic carbocycles. The van der Waals surface area contributed by atoms with E-state index in [0.717, 1.165) is 11.2 Å². The minimum Gasteiger partial charge on any atom is -0.455 e. The number of aromatic nitrogens is 1. The Morgan fingerprint density at radius 2 is 1.33 bits per heavy atom. The first-order valence-corrected chi connectivity index (χ1v) is 10.5. The molecule has 2 aromatic heterocycles. The summed E-state index contributed by atoms with van der Waals surface area (Å²) in [5.41, 5.74) is 6.92. The van der Waals surface area contributed by atoms with Crippen molar-refractivity contribution < 1.29 is 4.42 Å². The van der Waals surface area contributed by atoms with Crippen molar-refractivity contribution in [1.82, 2.24) is 4.57 Å². The summed E-state index contributed by atoms with van der Waals surface area (Å²) >= 11 is 0. The molecule has 0 saturated heterocycles. The molecule has 6 rings (SSSR count). The smallest absolute Gasteiger partial charge is 0.145 e. The van der Waals surface area contributed by atoms with Gasteiger partial charge < -0.3 is 8.98 Å². The van der Waals surface area contributed by atoms with Crippen LogP contribution in [0.4, 0.5) is 0 Å². The summed E-state index contributed by atoms with van der Waals surface area (Å²) in [4.78, 5) is 0. The Hall–Kier alpha value is -3.52. The fraction of sp³-hybridized carbons (Fsp3) is 0.143. The van der Waals surface area contributed by atoms with Crippen LogP contribution < -0.4 is 0 Å². The highest BCUT2D eigenvalue weighted by atomic mass is 16.3. The maximum absolute atomic E-state index is 6.37. The Labute approximate surface area is 175 Å². The molecule has 0 aliphatic rings. The molecular weight excluding hydrogens is 366 g/mol. The van der Waals surface area contributed by atoms with Gasteiger partial charge in [0.2, 0.25) is 0 Å². The first-order valence-electron chi connectivity index (χ1n) is 10.5. The quantitative estimate of drug-likeness (QED) is 0.279. The van der Waals surface area contributed by atoms with E-state index >= 15 is 0 Å². The summed E-state index contributed by atoms with van der Waals surface area (Å²) in [7, 11) is 0. The number of hydrogen-bond acceptors (Lipinski definition) is 1. The predicted molar refractivity (Wildman–Crippen MR) is 127 cm³/mol. The second-order valence-electron chi connectivity index (χ2n) is 9.08. The highest BCUT2D eigenvalue weighted by Gasteiger charge is 2.19. The maximum Gasteiger partial charge on any atom is 0.145 e. The minimum atomic E-state index is 0.139. The van der Waals surface area contributed by atoms with Crippen molar-refractivity contribution in [2.45, 2.75) is 26.2 Å². The molecule has 2 nitrogen and oxygen atoms in total. The van der Waals surface area contributed by atoms with Crippen LogP contribution in [-0.4, -0.2) is 4.57 Å². The molecule has 146 valence electrons. The van der Waals surface area contributed by atoms with Crippen LogP contribution in [0.2, 0.25) is 0 Å². The van der Waals surface area contributed by atoms with Crippen LogP contribution in [0.3, 0.4) is 0 Å². The molecule has 0 aliphatic heterocycles. The van der Waals surface area contributed by atoms with E-state index in [1.54, 1.807) is 0 Å². The van der Waals surface area contributed by atoms with E-state index < -0.39 is 0 Å². The van der Waals surface area contributed by atoms with Gasteiger partial charge in [-0.2, -0.15) is 0 Å². The summed E-state index contributed by atoms with van der Waals surface area (Å²) in [6.07, 6.45) is 0. The van der Waals surface area contributed by atoms with Crippen molar-refractivity contribution in [1.29, 1.82) is 0 Å². The molecular formula is C28H23NO. The normalized spacial score (nSPS) is 12.5. The lowest BCUT2D eigenvalue weighted by atomic mass is 9.87. The molecule has 0 amide bonds. The lowest BCUT2D eigenvalue weighted by Gasteiger charge is -2.19. The van der Waals surface area contributed by atoms with Crippen LogP contribution in [0.1, 0.15) is 26.3 Å². The van der Waals surface area contributed by atoms with Crippen molar-refractivity contribution in [2.24, 2.45) is 0 Å². The molecule has 0 N–H and O–H groups in total. The van der Waals surface area contributed by atoms with Gasteiger partial charge in [0, 0.05) is 21.8 Å². The number of nitrogens with zero attached hydrogens (tertiary/aromatic N) is 1. The van der Waals surface area contributed by atoms with Crippen molar-refractivity contribution in [3.63, 3.8) is 0 Å². The summed E-state index contributed by atoms with van der Waals surface area (Å²) < 4.78 is 8.72. The molecule has 2 heteroatoms. The zero-order chi connectivity index (χ0) is 20.5. The molecule has 0 radical (unpaired) electrons. The Morgan fingerprint density at radius 3 is 2.10 bits per heavy atom. The van der Waals surface area contributed by atoms with Crippen molar-refractivity contribution >= 4 is 43.7 Å². The van der Waals surface area contributed by atoms with Crippen LogP contribution >= 0.6 is 0 Å². The summed E-state index contributed by atoms with van der Waals surface area (Å²) in [5, 5.41) is 4.74.